The molecule has 0 aliphatic heterocycles. The van der Waals surface area contributed by atoms with Crippen LogP contribution >= 0.6 is 11.8 Å². The number of rotatable bonds is 6. The van der Waals surface area contributed by atoms with E-state index in [-0.39, 0.29) is 5.03 Å². The van der Waals surface area contributed by atoms with Crippen LogP contribution in [0.5, 0.6) is 0 Å². The molecule has 8 heteroatoms. The van der Waals surface area contributed by atoms with Crippen molar-refractivity contribution in [3.63, 3.8) is 0 Å². The van der Waals surface area contributed by atoms with Crippen molar-refractivity contribution in [1.82, 2.24) is 24.7 Å². The number of benzene rings is 1. The third-order valence-electron chi connectivity index (χ3n) is 4.27. The molecule has 3 heterocycles. The van der Waals surface area contributed by atoms with Crippen molar-refractivity contribution < 1.29 is 8.81 Å². The molecule has 0 radical (unpaired) electrons. The molecule has 0 aliphatic carbocycles. The van der Waals surface area contributed by atoms with Crippen molar-refractivity contribution in [1.29, 1.82) is 0 Å². The number of furan rings is 1. The van der Waals surface area contributed by atoms with Crippen LogP contribution in [0, 0.1) is 12.7 Å². The van der Waals surface area contributed by atoms with Crippen LogP contribution in [0.25, 0.3) is 11.4 Å². The lowest BCUT2D eigenvalue weighted by Gasteiger charge is -2.09. The maximum absolute atomic E-state index is 14.6. The first-order valence-electron chi connectivity index (χ1n) is 8.85. The van der Waals surface area contributed by atoms with Gasteiger partial charge in [0.05, 0.1) is 18.5 Å². The Morgan fingerprint density at radius 3 is 2.64 bits per heavy atom. The standard InChI is InChI=1S/C20H18FN5OS/c1-3-16-17(21)19(23-12-22-16)28-20-25-24-18(14-8-6-13(2)7-9-14)26(20)11-15-5-4-10-27-15/h4-10,12H,3,11H2,1-2H3. The highest BCUT2D eigenvalue weighted by molar-refractivity contribution is 7.99. The van der Waals surface area contributed by atoms with E-state index in [1.54, 1.807) is 6.26 Å². The van der Waals surface area contributed by atoms with Crippen molar-refractivity contribution >= 4 is 11.8 Å². The highest BCUT2D eigenvalue weighted by atomic mass is 32.2. The lowest BCUT2D eigenvalue weighted by Crippen LogP contribution is -2.04. The molecule has 0 unspecified atom stereocenters. The number of hydrogen-bond donors (Lipinski definition) is 0. The van der Waals surface area contributed by atoms with E-state index in [9.17, 15) is 4.39 Å². The molecule has 0 bridgehead atoms. The molecule has 0 aliphatic rings. The minimum Gasteiger partial charge on any atom is -0.467 e. The SMILES string of the molecule is CCc1ncnc(Sc2nnc(-c3ccc(C)cc3)n2Cc2ccco2)c1F. The maximum Gasteiger partial charge on any atom is 0.198 e. The van der Waals surface area contributed by atoms with Crippen LogP contribution < -0.4 is 0 Å². The number of aryl methyl sites for hydroxylation is 2. The minimum absolute atomic E-state index is 0.232. The van der Waals surface area contributed by atoms with Crippen LogP contribution in [0.4, 0.5) is 4.39 Å². The van der Waals surface area contributed by atoms with Crippen LogP contribution in [0.2, 0.25) is 0 Å². The molecule has 0 N–H and O–H groups in total. The molecule has 1 aromatic carbocycles. The summed E-state index contributed by atoms with van der Waals surface area (Å²) in [6.07, 6.45) is 3.49. The van der Waals surface area contributed by atoms with Crippen molar-refractivity contribution in [3.05, 3.63) is 71.8 Å². The summed E-state index contributed by atoms with van der Waals surface area (Å²) in [5.74, 6) is 1.02. The monoisotopic (exact) mass is 395 g/mol. The number of nitrogens with zero attached hydrogens (tertiary/aromatic N) is 5. The van der Waals surface area contributed by atoms with E-state index < -0.39 is 5.82 Å². The fraction of sp³-hybridized carbons (Fsp3) is 0.200. The van der Waals surface area contributed by atoms with Gasteiger partial charge in [-0.1, -0.05) is 36.8 Å². The number of aromatic nitrogens is 5. The quantitative estimate of drug-likeness (QED) is 0.447. The number of hydrogen-bond acceptors (Lipinski definition) is 6. The van der Waals surface area contributed by atoms with Gasteiger partial charge >= 0.3 is 0 Å². The second-order valence-corrected chi connectivity index (χ2v) is 7.19. The van der Waals surface area contributed by atoms with Crippen LogP contribution in [0.3, 0.4) is 0 Å². The molecule has 28 heavy (non-hydrogen) atoms. The zero-order valence-electron chi connectivity index (χ0n) is 15.5. The third-order valence-corrected chi connectivity index (χ3v) is 5.24. The van der Waals surface area contributed by atoms with Gasteiger partial charge in [0.2, 0.25) is 0 Å². The second kappa shape index (κ2) is 7.93. The first kappa shape index (κ1) is 18.4. The second-order valence-electron chi connectivity index (χ2n) is 6.23. The first-order valence-corrected chi connectivity index (χ1v) is 9.67. The molecule has 0 spiro atoms. The van der Waals surface area contributed by atoms with Crippen molar-refractivity contribution in [2.75, 3.05) is 0 Å². The summed E-state index contributed by atoms with van der Waals surface area (Å²) in [7, 11) is 0. The van der Waals surface area contributed by atoms with Crippen LogP contribution in [-0.2, 0) is 13.0 Å². The lowest BCUT2D eigenvalue weighted by atomic mass is 10.1. The van der Waals surface area contributed by atoms with Gasteiger partial charge in [-0.05, 0) is 37.2 Å². The van der Waals surface area contributed by atoms with Gasteiger partial charge < -0.3 is 4.42 Å². The summed E-state index contributed by atoms with van der Waals surface area (Å²) in [4.78, 5) is 8.07. The van der Waals surface area contributed by atoms with Gasteiger partial charge in [-0.2, -0.15) is 0 Å². The zero-order chi connectivity index (χ0) is 19.5. The van der Waals surface area contributed by atoms with Gasteiger partial charge in [0.15, 0.2) is 16.8 Å². The average molecular weight is 395 g/mol. The van der Waals surface area contributed by atoms with Crippen molar-refractivity contribution in [2.45, 2.75) is 37.0 Å². The highest BCUT2D eigenvalue weighted by Gasteiger charge is 2.19. The first-order chi connectivity index (χ1) is 13.7. The van der Waals surface area contributed by atoms with E-state index in [0.717, 1.165) is 28.6 Å². The summed E-state index contributed by atoms with van der Waals surface area (Å²) >= 11 is 1.13. The molecule has 142 valence electrons. The molecule has 0 saturated heterocycles. The molecule has 3 aromatic heterocycles. The Balaban J connectivity index is 1.75. The van der Waals surface area contributed by atoms with E-state index in [1.807, 2.05) is 54.8 Å². The maximum atomic E-state index is 14.6. The van der Waals surface area contributed by atoms with Gasteiger partial charge in [-0.25, -0.2) is 14.4 Å². The molecular formula is C20H18FN5OS. The van der Waals surface area contributed by atoms with Gasteiger partial charge in [0.25, 0.3) is 0 Å². The Morgan fingerprint density at radius 1 is 1.11 bits per heavy atom. The molecule has 0 amide bonds. The summed E-state index contributed by atoms with van der Waals surface area (Å²) in [5.41, 5.74) is 2.47. The Kier molecular flexibility index (Phi) is 5.21. The van der Waals surface area contributed by atoms with E-state index in [4.69, 9.17) is 4.42 Å². The minimum atomic E-state index is -0.417. The summed E-state index contributed by atoms with van der Waals surface area (Å²) in [6, 6.07) is 11.7. The molecule has 0 atom stereocenters. The normalized spacial score (nSPS) is 11.1. The predicted octanol–water partition coefficient (Wildman–Crippen LogP) is 4.54. The smallest absolute Gasteiger partial charge is 0.198 e. The van der Waals surface area contributed by atoms with Crippen LogP contribution in [-0.4, -0.2) is 24.7 Å². The van der Waals surface area contributed by atoms with Gasteiger partial charge in [0.1, 0.15) is 17.1 Å². The Hall–Kier alpha value is -3.00. The molecule has 0 fully saturated rings. The van der Waals surface area contributed by atoms with E-state index in [0.29, 0.717) is 29.6 Å². The topological polar surface area (TPSA) is 69.6 Å². The molecule has 6 nitrogen and oxygen atoms in total. The van der Waals surface area contributed by atoms with Gasteiger partial charge in [0, 0.05) is 5.56 Å². The summed E-state index contributed by atoms with van der Waals surface area (Å²) < 4.78 is 22.0. The predicted molar refractivity (Wildman–Crippen MR) is 103 cm³/mol. The van der Waals surface area contributed by atoms with E-state index in [1.165, 1.54) is 6.33 Å². The lowest BCUT2D eigenvalue weighted by molar-refractivity contribution is 0.485. The third kappa shape index (κ3) is 3.68. The van der Waals surface area contributed by atoms with Gasteiger partial charge in [-0.3, -0.25) is 4.57 Å². The Bertz CT molecular complexity index is 1080. The fourth-order valence-corrected chi connectivity index (χ4v) is 3.60. The highest BCUT2D eigenvalue weighted by Crippen LogP contribution is 2.31. The van der Waals surface area contributed by atoms with Crippen LogP contribution in [0.1, 0.15) is 23.9 Å². The van der Waals surface area contributed by atoms with Crippen molar-refractivity contribution in [3.8, 4) is 11.4 Å². The van der Waals surface area contributed by atoms with E-state index in [2.05, 4.69) is 20.2 Å². The van der Waals surface area contributed by atoms with Crippen LogP contribution in [0.15, 0.2) is 63.6 Å². The fourth-order valence-electron chi connectivity index (χ4n) is 2.77. The Labute approximate surface area is 165 Å². The average Bonchev–Trinajstić information content (AvgIpc) is 3.35. The molecule has 4 aromatic rings. The molecule has 4 rings (SSSR count). The Morgan fingerprint density at radius 2 is 1.93 bits per heavy atom. The summed E-state index contributed by atoms with van der Waals surface area (Å²) in [5, 5.41) is 9.41. The van der Waals surface area contributed by atoms with Gasteiger partial charge in [-0.15, -0.1) is 10.2 Å². The summed E-state index contributed by atoms with van der Waals surface area (Å²) in [6.45, 7) is 4.31. The van der Waals surface area contributed by atoms with Crippen molar-refractivity contribution in [2.24, 2.45) is 0 Å². The largest absolute Gasteiger partial charge is 0.467 e. The number of halogens is 1. The molecular weight excluding hydrogens is 377 g/mol. The van der Waals surface area contributed by atoms with E-state index >= 15 is 0 Å². The zero-order valence-corrected chi connectivity index (χ0v) is 16.3. The molecule has 0 saturated carbocycles.